The molecule has 1 radical (unpaired) electrons. The molecule has 1 aliphatic carbocycles. The average Bonchev–Trinajstić information content (AvgIpc) is 1.75. The number of hydrogen-bond donors (Lipinski definition) is 1. The zero-order chi connectivity index (χ0) is 2.99. The Morgan fingerprint density at radius 2 is 1.75 bits per heavy atom. The smallest absolute Gasteiger partial charge is 0.137 e. The van der Waals surface area contributed by atoms with Gasteiger partial charge in [0.1, 0.15) is 6.10 Å². The number of aliphatic hydroxyl groups excluding tert-OH is 1. The van der Waals surface area contributed by atoms with E-state index in [1.54, 1.807) is 12.2 Å². The van der Waals surface area contributed by atoms with Gasteiger partial charge >= 0.3 is 0 Å². The van der Waals surface area contributed by atoms with Crippen LogP contribution in [0.1, 0.15) is 0 Å². The summed E-state index contributed by atoms with van der Waals surface area (Å²) in [4.78, 5) is 0. The highest BCUT2D eigenvalue weighted by Gasteiger charge is 2.02. The maximum atomic E-state index is 7.97. The monoisotopic (exact) mass is 55.0 g/mol. The SMILES string of the molecule is O[C]1C=C1. The van der Waals surface area contributed by atoms with Crippen LogP contribution in [-0.2, 0) is 0 Å². The van der Waals surface area contributed by atoms with Crippen molar-refractivity contribution in [3.63, 3.8) is 0 Å². The molecule has 0 spiro atoms. The molecule has 0 aromatic carbocycles. The molecule has 0 atom stereocenters. The van der Waals surface area contributed by atoms with Crippen molar-refractivity contribution in [2.45, 2.75) is 0 Å². The summed E-state index contributed by atoms with van der Waals surface area (Å²) in [7, 11) is 0. The third-order valence-electron chi connectivity index (χ3n) is 0.316. The van der Waals surface area contributed by atoms with Crippen LogP contribution in [0.25, 0.3) is 0 Å². The molecule has 0 heterocycles. The standard InChI is InChI=1S/C3H3O/c4-3-1-2-3/h1-2,4H. The lowest BCUT2D eigenvalue weighted by Crippen LogP contribution is -1.54. The average molecular weight is 55.1 g/mol. The number of rotatable bonds is 0. The Morgan fingerprint density at radius 1 is 1.50 bits per heavy atom. The van der Waals surface area contributed by atoms with Gasteiger partial charge in [-0.15, -0.1) is 0 Å². The largest absolute Gasteiger partial charge is 0.378 e. The third-order valence-corrected chi connectivity index (χ3v) is 0.316. The highest BCUT2D eigenvalue weighted by atomic mass is 16.3. The molecule has 21 valence electrons. The van der Waals surface area contributed by atoms with Gasteiger partial charge in [0, 0.05) is 0 Å². The fourth-order valence-corrected chi connectivity index (χ4v) is 0.0373. The topological polar surface area (TPSA) is 20.2 Å². The first kappa shape index (κ1) is 1.97. The van der Waals surface area contributed by atoms with E-state index >= 15 is 0 Å². The van der Waals surface area contributed by atoms with Gasteiger partial charge in [-0.3, -0.25) is 0 Å². The molecule has 1 N–H and O–H groups in total. The van der Waals surface area contributed by atoms with E-state index in [9.17, 15) is 0 Å². The molecular weight excluding hydrogens is 52.0 g/mol. The van der Waals surface area contributed by atoms with Gasteiger partial charge in [0.2, 0.25) is 0 Å². The molecule has 0 aromatic rings. The van der Waals surface area contributed by atoms with Crippen LogP contribution in [0.3, 0.4) is 0 Å². The highest BCUT2D eigenvalue weighted by Crippen LogP contribution is 2.11. The van der Waals surface area contributed by atoms with Gasteiger partial charge in [0.25, 0.3) is 0 Å². The van der Waals surface area contributed by atoms with Gasteiger partial charge in [0.15, 0.2) is 0 Å². The van der Waals surface area contributed by atoms with Crippen molar-refractivity contribution in [1.29, 1.82) is 0 Å². The van der Waals surface area contributed by atoms with E-state index in [2.05, 4.69) is 0 Å². The van der Waals surface area contributed by atoms with Gasteiger partial charge in [-0.05, 0) is 12.2 Å². The molecule has 0 bridgehead atoms. The minimum absolute atomic E-state index is 0.417. The van der Waals surface area contributed by atoms with Crippen LogP contribution < -0.4 is 0 Å². The van der Waals surface area contributed by atoms with Crippen LogP contribution in [0, 0.1) is 6.10 Å². The highest BCUT2D eigenvalue weighted by molar-refractivity contribution is 5.31. The van der Waals surface area contributed by atoms with E-state index < -0.39 is 0 Å². The first-order valence-corrected chi connectivity index (χ1v) is 1.13. The Hall–Kier alpha value is -0.300. The van der Waals surface area contributed by atoms with Crippen molar-refractivity contribution in [3.05, 3.63) is 18.3 Å². The molecule has 0 saturated carbocycles. The summed E-state index contributed by atoms with van der Waals surface area (Å²) in [6.45, 7) is 0. The second kappa shape index (κ2) is 0.353. The molecule has 0 aromatic heterocycles. The summed E-state index contributed by atoms with van der Waals surface area (Å²) in [6, 6.07) is 0. The Bertz CT molecular complexity index is 41.2. The Morgan fingerprint density at radius 3 is 1.75 bits per heavy atom. The summed E-state index contributed by atoms with van der Waals surface area (Å²) in [5.74, 6) is 0. The quantitative estimate of drug-likeness (QED) is 0.426. The number of aliphatic hydroxyl groups is 1. The van der Waals surface area contributed by atoms with Gasteiger partial charge in [-0.25, -0.2) is 0 Å². The van der Waals surface area contributed by atoms with E-state index in [4.69, 9.17) is 5.11 Å². The zero-order valence-corrected chi connectivity index (χ0v) is 2.10. The molecular formula is C3H3O. The second-order valence-electron chi connectivity index (χ2n) is 0.758. The van der Waals surface area contributed by atoms with Crippen LogP contribution in [-0.4, -0.2) is 5.11 Å². The molecule has 1 nitrogen and oxygen atoms in total. The van der Waals surface area contributed by atoms with Gasteiger partial charge in [-0.1, -0.05) is 0 Å². The first-order chi connectivity index (χ1) is 1.89. The lowest BCUT2D eigenvalue weighted by molar-refractivity contribution is 0.394. The molecule has 0 amide bonds. The molecule has 0 aliphatic heterocycles. The third kappa shape index (κ3) is 0.114. The summed E-state index contributed by atoms with van der Waals surface area (Å²) in [5.41, 5.74) is 0. The molecule has 1 aliphatic rings. The van der Waals surface area contributed by atoms with Gasteiger partial charge < -0.3 is 5.11 Å². The van der Waals surface area contributed by atoms with E-state index in [0.717, 1.165) is 0 Å². The molecule has 1 heteroatoms. The molecule has 1 rings (SSSR count). The van der Waals surface area contributed by atoms with Crippen molar-refractivity contribution in [2.24, 2.45) is 0 Å². The van der Waals surface area contributed by atoms with Gasteiger partial charge in [-0.2, -0.15) is 0 Å². The van der Waals surface area contributed by atoms with Crippen molar-refractivity contribution in [1.82, 2.24) is 0 Å². The summed E-state index contributed by atoms with van der Waals surface area (Å²) >= 11 is 0. The van der Waals surface area contributed by atoms with Crippen molar-refractivity contribution in [3.8, 4) is 0 Å². The Kier molecular flexibility index (Phi) is 0.174. The van der Waals surface area contributed by atoms with E-state index in [0.29, 0.717) is 6.10 Å². The lowest BCUT2D eigenvalue weighted by Gasteiger charge is -1.58. The minimum atomic E-state index is 0.417. The van der Waals surface area contributed by atoms with Crippen LogP contribution >= 0.6 is 0 Å². The summed E-state index contributed by atoms with van der Waals surface area (Å²) in [6.07, 6.45) is 3.69. The maximum Gasteiger partial charge on any atom is 0.137 e. The fourth-order valence-electron chi connectivity index (χ4n) is 0.0373. The van der Waals surface area contributed by atoms with E-state index in [1.807, 2.05) is 0 Å². The normalized spacial score (nSPS) is 22.2. The predicted molar refractivity (Wildman–Crippen MR) is 14.3 cm³/mol. The summed E-state index contributed by atoms with van der Waals surface area (Å²) < 4.78 is 0. The fraction of sp³-hybridized carbons (Fsp3) is 0. The van der Waals surface area contributed by atoms with Crippen molar-refractivity contribution in [2.75, 3.05) is 0 Å². The van der Waals surface area contributed by atoms with Crippen molar-refractivity contribution >= 4 is 0 Å². The zero-order valence-electron chi connectivity index (χ0n) is 2.10. The van der Waals surface area contributed by atoms with E-state index in [1.165, 1.54) is 0 Å². The molecule has 4 heavy (non-hydrogen) atoms. The molecule has 0 fully saturated rings. The number of hydrogen-bond acceptors (Lipinski definition) is 1. The summed E-state index contributed by atoms with van der Waals surface area (Å²) in [5, 5.41) is 7.97. The molecule has 0 unspecified atom stereocenters. The van der Waals surface area contributed by atoms with Crippen LogP contribution in [0.15, 0.2) is 12.2 Å². The predicted octanol–water partition coefficient (Wildman–Crippen LogP) is 0.461. The lowest BCUT2D eigenvalue weighted by atomic mass is 10.8. The first-order valence-electron chi connectivity index (χ1n) is 1.13. The van der Waals surface area contributed by atoms with Gasteiger partial charge in [0.05, 0.1) is 0 Å². The molecule has 0 saturated heterocycles. The van der Waals surface area contributed by atoms with E-state index in [-0.39, 0.29) is 0 Å². The van der Waals surface area contributed by atoms with Crippen molar-refractivity contribution < 1.29 is 5.11 Å². The Labute approximate surface area is 24.6 Å². The van der Waals surface area contributed by atoms with Crippen LogP contribution in [0.5, 0.6) is 0 Å². The maximum absolute atomic E-state index is 7.97. The van der Waals surface area contributed by atoms with Crippen LogP contribution in [0.4, 0.5) is 0 Å². The van der Waals surface area contributed by atoms with Crippen LogP contribution in [0.2, 0.25) is 0 Å². The second-order valence-corrected chi connectivity index (χ2v) is 0.758. The Balaban J connectivity index is 2.32. The minimum Gasteiger partial charge on any atom is -0.378 e.